The molecule has 0 radical (unpaired) electrons. The number of rotatable bonds is 6. The monoisotopic (exact) mass is 321 g/mol. The Kier molecular flexibility index (Phi) is 5.21. The van der Waals surface area contributed by atoms with E-state index in [0.29, 0.717) is 18.1 Å². The third-order valence-corrected chi connectivity index (χ3v) is 4.13. The summed E-state index contributed by atoms with van der Waals surface area (Å²) in [5.41, 5.74) is 3.95. The number of hydrogen-bond acceptors (Lipinski definition) is 3. The lowest BCUT2D eigenvalue weighted by atomic mass is 10.1. The summed E-state index contributed by atoms with van der Waals surface area (Å²) in [5.74, 6) is -0.862. The van der Waals surface area contributed by atoms with Crippen molar-refractivity contribution in [2.24, 2.45) is 0 Å². The Morgan fingerprint density at radius 3 is 2.73 bits per heavy atom. The maximum Gasteiger partial charge on any atom is 0.320 e. The molecule has 0 spiro atoms. The Bertz CT molecular complexity index is 682. The molecule has 5 nitrogen and oxygen atoms in total. The Hall–Kier alpha value is -1.85. The molecule has 1 aromatic carbocycles. The van der Waals surface area contributed by atoms with Gasteiger partial charge in [0.15, 0.2) is 0 Å². The van der Waals surface area contributed by atoms with E-state index >= 15 is 0 Å². The molecule has 0 fully saturated rings. The molecule has 0 aliphatic heterocycles. The van der Waals surface area contributed by atoms with Crippen LogP contribution < -0.4 is 5.32 Å². The highest BCUT2D eigenvalue weighted by atomic mass is 35.5. The molecule has 1 unspecified atom stereocenters. The molecule has 118 valence electrons. The lowest BCUT2D eigenvalue weighted by Gasteiger charge is -2.10. The number of aromatic nitrogens is 2. The molecule has 0 saturated heterocycles. The molecule has 2 rings (SSSR count). The van der Waals surface area contributed by atoms with Crippen LogP contribution in [0.25, 0.3) is 0 Å². The quantitative estimate of drug-likeness (QED) is 0.858. The maximum absolute atomic E-state index is 10.9. The molecule has 6 heteroatoms. The zero-order valence-corrected chi connectivity index (χ0v) is 13.7. The highest BCUT2D eigenvalue weighted by Gasteiger charge is 2.15. The summed E-state index contributed by atoms with van der Waals surface area (Å²) in [7, 11) is 0. The van der Waals surface area contributed by atoms with Gasteiger partial charge in [-0.2, -0.15) is 5.10 Å². The lowest BCUT2D eigenvalue weighted by Crippen LogP contribution is -2.33. The van der Waals surface area contributed by atoms with Crippen LogP contribution in [0.15, 0.2) is 24.3 Å². The van der Waals surface area contributed by atoms with Crippen molar-refractivity contribution in [2.45, 2.75) is 39.9 Å². The number of halogens is 1. The van der Waals surface area contributed by atoms with Gasteiger partial charge in [0, 0.05) is 22.8 Å². The van der Waals surface area contributed by atoms with Crippen LogP contribution in [-0.4, -0.2) is 26.9 Å². The van der Waals surface area contributed by atoms with Crippen LogP contribution in [0.2, 0.25) is 5.02 Å². The molecule has 0 amide bonds. The predicted octanol–water partition coefficient (Wildman–Crippen LogP) is 2.76. The standard InChI is InChI=1S/C16H20ClN3O2/c1-10-14(8-18-11(2)16(21)22)12(3)20(19-10)9-13-6-4-5-7-15(13)17/h4-7,11,18H,8-9H2,1-3H3,(H,21,22). The summed E-state index contributed by atoms with van der Waals surface area (Å²) >= 11 is 6.19. The van der Waals surface area contributed by atoms with Gasteiger partial charge in [-0.1, -0.05) is 29.8 Å². The molecule has 0 saturated carbocycles. The van der Waals surface area contributed by atoms with Gasteiger partial charge in [0.05, 0.1) is 12.2 Å². The largest absolute Gasteiger partial charge is 0.480 e. The van der Waals surface area contributed by atoms with Gasteiger partial charge in [-0.3, -0.25) is 9.48 Å². The molecule has 1 heterocycles. The average molecular weight is 322 g/mol. The van der Waals surface area contributed by atoms with Crippen molar-refractivity contribution in [1.29, 1.82) is 0 Å². The van der Waals surface area contributed by atoms with Crippen LogP contribution >= 0.6 is 11.6 Å². The minimum atomic E-state index is -0.862. The minimum Gasteiger partial charge on any atom is -0.480 e. The fourth-order valence-electron chi connectivity index (χ4n) is 2.27. The highest BCUT2D eigenvalue weighted by molar-refractivity contribution is 6.31. The van der Waals surface area contributed by atoms with Gasteiger partial charge in [-0.05, 0) is 32.4 Å². The zero-order chi connectivity index (χ0) is 16.3. The van der Waals surface area contributed by atoms with Crippen molar-refractivity contribution < 1.29 is 9.90 Å². The Morgan fingerprint density at radius 2 is 2.09 bits per heavy atom. The molecule has 2 aromatic rings. The van der Waals surface area contributed by atoms with E-state index in [0.717, 1.165) is 22.5 Å². The van der Waals surface area contributed by atoms with Crippen molar-refractivity contribution in [3.8, 4) is 0 Å². The van der Waals surface area contributed by atoms with Crippen molar-refractivity contribution in [3.05, 3.63) is 51.8 Å². The van der Waals surface area contributed by atoms with Crippen LogP contribution in [0.1, 0.15) is 29.4 Å². The summed E-state index contributed by atoms with van der Waals surface area (Å²) in [6.07, 6.45) is 0. The van der Waals surface area contributed by atoms with E-state index in [2.05, 4.69) is 10.4 Å². The van der Waals surface area contributed by atoms with Gasteiger partial charge in [-0.25, -0.2) is 0 Å². The normalized spacial score (nSPS) is 12.4. The minimum absolute atomic E-state index is 0.480. The second-order valence-electron chi connectivity index (χ2n) is 5.34. The fraction of sp³-hybridized carbons (Fsp3) is 0.375. The first-order chi connectivity index (χ1) is 10.4. The molecule has 1 atom stereocenters. The second-order valence-corrected chi connectivity index (χ2v) is 5.75. The highest BCUT2D eigenvalue weighted by Crippen LogP contribution is 2.19. The smallest absolute Gasteiger partial charge is 0.320 e. The van der Waals surface area contributed by atoms with Crippen LogP contribution in [-0.2, 0) is 17.9 Å². The number of aryl methyl sites for hydroxylation is 1. The molecule has 2 N–H and O–H groups in total. The predicted molar refractivity (Wildman–Crippen MR) is 86.2 cm³/mol. The number of hydrogen-bond donors (Lipinski definition) is 2. The van der Waals surface area contributed by atoms with Gasteiger partial charge in [-0.15, -0.1) is 0 Å². The summed E-state index contributed by atoms with van der Waals surface area (Å²) in [6, 6.07) is 7.09. The van der Waals surface area contributed by atoms with Crippen molar-refractivity contribution >= 4 is 17.6 Å². The van der Waals surface area contributed by atoms with E-state index in [1.165, 1.54) is 0 Å². The third kappa shape index (κ3) is 3.67. The van der Waals surface area contributed by atoms with E-state index in [-0.39, 0.29) is 0 Å². The Labute approximate surface area is 134 Å². The van der Waals surface area contributed by atoms with Crippen LogP contribution in [0.4, 0.5) is 0 Å². The molecule has 22 heavy (non-hydrogen) atoms. The van der Waals surface area contributed by atoms with E-state index in [9.17, 15) is 4.79 Å². The maximum atomic E-state index is 10.9. The third-order valence-electron chi connectivity index (χ3n) is 3.76. The molecule has 0 bridgehead atoms. The van der Waals surface area contributed by atoms with E-state index in [4.69, 9.17) is 16.7 Å². The number of nitrogens with zero attached hydrogens (tertiary/aromatic N) is 2. The number of carbonyl (C=O) groups is 1. The average Bonchev–Trinajstić information content (AvgIpc) is 2.73. The van der Waals surface area contributed by atoms with Gasteiger partial charge in [0.25, 0.3) is 0 Å². The molecular weight excluding hydrogens is 302 g/mol. The van der Waals surface area contributed by atoms with Crippen molar-refractivity contribution in [3.63, 3.8) is 0 Å². The van der Waals surface area contributed by atoms with Crippen LogP contribution in [0.5, 0.6) is 0 Å². The number of aliphatic carboxylic acids is 1. The molecule has 0 aliphatic rings. The zero-order valence-electron chi connectivity index (χ0n) is 12.9. The summed E-state index contributed by atoms with van der Waals surface area (Å²) in [6.45, 7) is 6.62. The van der Waals surface area contributed by atoms with Gasteiger partial charge < -0.3 is 10.4 Å². The first-order valence-electron chi connectivity index (χ1n) is 7.12. The molecular formula is C16H20ClN3O2. The summed E-state index contributed by atoms with van der Waals surface area (Å²) < 4.78 is 1.90. The summed E-state index contributed by atoms with van der Waals surface area (Å²) in [5, 5.41) is 17.2. The Morgan fingerprint density at radius 1 is 1.41 bits per heavy atom. The first kappa shape index (κ1) is 16.5. The van der Waals surface area contributed by atoms with E-state index in [1.807, 2.05) is 42.8 Å². The van der Waals surface area contributed by atoms with E-state index in [1.54, 1.807) is 6.92 Å². The number of carboxylic acid groups (broad SMARTS) is 1. The molecule has 1 aromatic heterocycles. The van der Waals surface area contributed by atoms with Gasteiger partial charge >= 0.3 is 5.97 Å². The number of carboxylic acids is 1. The van der Waals surface area contributed by atoms with Crippen molar-refractivity contribution in [2.75, 3.05) is 0 Å². The van der Waals surface area contributed by atoms with Crippen molar-refractivity contribution in [1.82, 2.24) is 15.1 Å². The fourth-order valence-corrected chi connectivity index (χ4v) is 2.47. The molecule has 0 aliphatic carbocycles. The Balaban J connectivity index is 2.17. The van der Waals surface area contributed by atoms with Crippen LogP contribution in [0, 0.1) is 13.8 Å². The van der Waals surface area contributed by atoms with E-state index < -0.39 is 12.0 Å². The number of benzene rings is 1. The van der Waals surface area contributed by atoms with Gasteiger partial charge in [0.2, 0.25) is 0 Å². The number of nitrogens with one attached hydrogen (secondary N) is 1. The second kappa shape index (κ2) is 6.94. The SMILES string of the molecule is Cc1nn(Cc2ccccc2Cl)c(C)c1CNC(C)C(=O)O. The lowest BCUT2D eigenvalue weighted by molar-refractivity contribution is -0.139. The first-order valence-corrected chi connectivity index (χ1v) is 7.50. The van der Waals surface area contributed by atoms with Crippen LogP contribution in [0.3, 0.4) is 0 Å². The topological polar surface area (TPSA) is 67.2 Å². The summed E-state index contributed by atoms with van der Waals surface area (Å²) in [4.78, 5) is 10.9. The van der Waals surface area contributed by atoms with Gasteiger partial charge in [0.1, 0.15) is 6.04 Å².